The average molecular weight is 319 g/mol. The molecular weight excluding hydrogens is 298 g/mol. The van der Waals surface area contributed by atoms with E-state index in [9.17, 15) is 9.59 Å². The quantitative estimate of drug-likeness (QED) is 0.643. The van der Waals surface area contributed by atoms with Gasteiger partial charge in [0.05, 0.1) is 19.9 Å². The van der Waals surface area contributed by atoms with Crippen molar-refractivity contribution in [2.24, 2.45) is 5.10 Å². The van der Waals surface area contributed by atoms with Gasteiger partial charge < -0.3 is 14.8 Å². The number of urea groups is 1. The van der Waals surface area contributed by atoms with Crippen LogP contribution in [0, 0.1) is 0 Å². The predicted octanol–water partition coefficient (Wildman–Crippen LogP) is 2.15. The number of ether oxygens (including phenoxy) is 2. The molecule has 23 heavy (non-hydrogen) atoms. The largest absolute Gasteiger partial charge is 0.493 e. The zero-order valence-corrected chi connectivity index (χ0v) is 13.8. The van der Waals surface area contributed by atoms with Crippen molar-refractivity contribution in [2.45, 2.75) is 32.7 Å². The maximum atomic E-state index is 12.2. The Bertz CT molecular complexity index is 644. The van der Waals surface area contributed by atoms with Crippen molar-refractivity contribution in [3.63, 3.8) is 0 Å². The monoisotopic (exact) mass is 319 g/mol. The van der Waals surface area contributed by atoms with Gasteiger partial charge >= 0.3 is 6.03 Å². The molecule has 1 atom stereocenters. The predicted molar refractivity (Wildman–Crippen MR) is 85.8 cm³/mol. The van der Waals surface area contributed by atoms with Gasteiger partial charge in [-0.2, -0.15) is 5.10 Å². The number of hydrogen-bond donors (Lipinski definition) is 1. The topological polar surface area (TPSA) is 80.2 Å². The number of hydrazone groups is 1. The summed E-state index contributed by atoms with van der Waals surface area (Å²) in [7, 11) is 1.54. The first-order chi connectivity index (χ1) is 10.9. The number of carbonyl (C=O) groups excluding carboxylic acids is 2. The van der Waals surface area contributed by atoms with Gasteiger partial charge in [0.1, 0.15) is 5.54 Å². The van der Waals surface area contributed by atoms with Crippen LogP contribution >= 0.6 is 0 Å². The van der Waals surface area contributed by atoms with Crippen LogP contribution in [0.1, 0.15) is 32.8 Å². The Morgan fingerprint density at radius 3 is 2.61 bits per heavy atom. The fourth-order valence-electron chi connectivity index (χ4n) is 2.18. The Balaban J connectivity index is 2.20. The highest BCUT2D eigenvalue weighted by atomic mass is 16.5. The number of amides is 3. The van der Waals surface area contributed by atoms with Crippen LogP contribution in [0.15, 0.2) is 23.3 Å². The van der Waals surface area contributed by atoms with E-state index in [0.717, 1.165) is 5.01 Å². The first kappa shape index (κ1) is 16.8. The van der Waals surface area contributed by atoms with Crippen molar-refractivity contribution in [1.82, 2.24) is 10.3 Å². The van der Waals surface area contributed by atoms with Gasteiger partial charge in [-0.05, 0) is 44.0 Å². The molecule has 7 heteroatoms. The zero-order valence-electron chi connectivity index (χ0n) is 13.8. The van der Waals surface area contributed by atoms with Gasteiger partial charge in [-0.15, -0.1) is 5.01 Å². The second-order valence-corrected chi connectivity index (χ2v) is 5.32. The van der Waals surface area contributed by atoms with Crippen LogP contribution in [-0.2, 0) is 4.79 Å². The van der Waals surface area contributed by atoms with Gasteiger partial charge in [0, 0.05) is 0 Å². The summed E-state index contributed by atoms with van der Waals surface area (Å²) < 4.78 is 10.7. The van der Waals surface area contributed by atoms with Crippen LogP contribution in [0.4, 0.5) is 4.79 Å². The molecule has 1 aliphatic heterocycles. The minimum absolute atomic E-state index is 0.362. The number of hydrogen-bond acceptors (Lipinski definition) is 5. The van der Waals surface area contributed by atoms with E-state index in [2.05, 4.69) is 10.4 Å². The summed E-state index contributed by atoms with van der Waals surface area (Å²) >= 11 is 0. The Hall–Kier alpha value is -2.57. The highest BCUT2D eigenvalue weighted by Crippen LogP contribution is 2.27. The van der Waals surface area contributed by atoms with Gasteiger partial charge in [0.15, 0.2) is 11.5 Å². The molecule has 0 aliphatic carbocycles. The molecule has 1 aliphatic rings. The van der Waals surface area contributed by atoms with Crippen molar-refractivity contribution in [3.8, 4) is 11.5 Å². The lowest BCUT2D eigenvalue weighted by atomic mass is 10.00. The van der Waals surface area contributed by atoms with Gasteiger partial charge in [-0.3, -0.25) is 4.79 Å². The number of benzene rings is 1. The molecule has 124 valence electrons. The maximum Gasteiger partial charge on any atom is 0.346 e. The second kappa shape index (κ2) is 6.68. The van der Waals surface area contributed by atoms with E-state index in [1.165, 1.54) is 6.21 Å². The van der Waals surface area contributed by atoms with E-state index < -0.39 is 11.6 Å². The van der Waals surface area contributed by atoms with Crippen LogP contribution in [-0.4, -0.2) is 42.4 Å². The molecule has 1 heterocycles. The molecule has 0 unspecified atom stereocenters. The average Bonchev–Trinajstić information content (AvgIpc) is 2.77. The van der Waals surface area contributed by atoms with Gasteiger partial charge in [-0.1, -0.05) is 6.92 Å². The van der Waals surface area contributed by atoms with Gasteiger partial charge in [-0.25, -0.2) is 4.79 Å². The van der Waals surface area contributed by atoms with E-state index in [-0.39, 0.29) is 5.91 Å². The molecule has 0 saturated carbocycles. The molecule has 1 fully saturated rings. The standard InChI is InChI=1S/C16H21N3O4/c1-5-16(3)14(20)19(15(21)18-16)17-10-11-7-8-12(23-6-2)13(9-11)22-4/h7-10H,5-6H2,1-4H3,(H,18,21)/b17-10-/t16-/m0/s1. The Kier molecular flexibility index (Phi) is 4.88. The second-order valence-electron chi connectivity index (χ2n) is 5.32. The lowest BCUT2D eigenvalue weighted by molar-refractivity contribution is -0.130. The third kappa shape index (κ3) is 3.28. The molecule has 1 aromatic carbocycles. The Morgan fingerprint density at radius 2 is 2.04 bits per heavy atom. The van der Waals surface area contributed by atoms with Crippen LogP contribution in [0.3, 0.4) is 0 Å². The molecule has 0 aromatic heterocycles. The molecule has 7 nitrogen and oxygen atoms in total. The minimum Gasteiger partial charge on any atom is -0.493 e. The first-order valence-electron chi connectivity index (χ1n) is 7.46. The molecule has 1 N–H and O–H groups in total. The summed E-state index contributed by atoms with van der Waals surface area (Å²) in [6, 6.07) is 4.74. The minimum atomic E-state index is -0.898. The summed E-state index contributed by atoms with van der Waals surface area (Å²) in [4.78, 5) is 24.1. The molecule has 3 amide bonds. The van der Waals surface area contributed by atoms with E-state index >= 15 is 0 Å². The van der Waals surface area contributed by atoms with Crippen molar-refractivity contribution < 1.29 is 19.1 Å². The molecule has 1 aromatic rings. The highest BCUT2D eigenvalue weighted by Gasteiger charge is 2.46. The van der Waals surface area contributed by atoms with E-state index in [1.54, 1.807) is 32.2 Å². The SMILES string of the molecule is CCOc1ccc(/C=N\N2C(=O)N[C@@](C)(CC)C2=O)cc1OC. The molecular formula is C16H21N3O4. The van der Waals surface area contributed by atoms with Crippen molar-refractivity contribution >= 4 is 18.2 Å². The van der Waals surface area contributed by atoms with Crippen molar-refractivity contribution in [3.05, 3.63) is 23.8 Å². The van der Waals surface area contributed by atoms with Crippen LogP contribution in [0.2, 0.25) is 0 Å². The smallest absolute Gasteiger partial charge is 0.346 e. The Labute approximate surface area is 135 Å². The number of nitrogens with one attached hydrogen (secondary N) is 1. The number of carbonyl (C=O) groups is 2. The van der Waals surface area contributed by atoms with E-state index in [4.69, 9.17) is 9.47 Å². The molecule has 0 radical (unpaired) electrons. The first-order valence-corrected chi connectivity index (χ1v) is 7.46. The van der Waals surface area contributed by atoms with Crippen LogP contribution in [0.5, 0.6) is 11.5 Å². The third-order valence-electron chi connectivity index (χ3n) is 3.76. The van der Waals surface area contributed by atoms with Crippen LogP contribution < -0.4 is 14.8 Å². The summed E-state index contributed by atoms with van der Waals surface area (Å²) in [6.45, 7) is 5.93. The lowest BCUT2D eigenvalue weighted by Crippen LogP contribution is -2.42. The van der Waals surface area contributed by atoms with E-state index in [0.29, 0.717) is 30.1 Å². The van der Waals surface area contributed by atoms with Crippen molar-refractivity contribution in [1.29, 1.82) is 0 Å². The summed E-state index contributed by atoms with van der Waals surface area (Å²) in [5.41, 5.74) is -0.207. The number of nitrogens with zero attached hydrogens (tertiary/aromatic N) is 2. The summed E-state index contributed by atoms with van der Waals surface area (Å²) in [5, 5.41) is 7.50. The normalized spacial score (nSPS) is 21.0. The van der Waals surface area contributed by atoms with Crippen molar-refractivity contribution in [2.75, 3.05) is 13.7 Å². The number of rotatable bonds is 6. The number of imide groups is 1. The maximum absolute atomic E-state index is 12.2. The highest BCUT2D eigenvalue weighted by molar-refractivity contribution is 6.07. The molecule has 2 rings (SSSR count). The van der Waals surface area contributed by atoms with Crippen LogP contribution in [0.25, 0.3) is 0 Å². The van der Waals surface area contributed by atoms with E-state index in [1.807, 2.05) is 13.8 Å². The number of methoxy groups -OCH3 is 1. The molecule has 1 saturated heterocycles. The zero-order chi connectivity index (χ0) is 17.0. The molecule has 0 spiro atoms. The van der Waals surface area contributed by atoms with Gasteiger partial charge in [0.25, 0.3) is 5.91 Å². The lowest BCUT2D eigenvalue weighted by Gasteiger charge is -2.17. The molecule has 0 bridgehead atoms. The van der Waals surface area contributed by atoms with Gasteiger partial charge in [0.2, 0.25) is 0 Å². The summed E-state index contributed by atoms with van der Waals surface area (Å²) in [5.74, 6) is 0.825. The fraction of sp³-hybridized carbons (Fsp3) is 0.438. The Morgan fingerprint density at radius 1 is 1.30 bits per heavy atom. The third-order valence-corrected chi connectivity index (χ3v) is 3.76. The summed E-state index contributed by atoms with van der Waals surface area (Å²) in [6.07, 6.45) is 1.94. The fourth-order valence-corrected chi connectivity index (χ4v) is 2.18.